The average Bonchev–Trinajstić information content (AvgIpc) is 3.60. The number of hydrogen-bond acceptors (Lipinski definition) is 9. The van der Waals surface area contributed by atoms with E-state index in [1.54, 1.807) is 48.2 Å². The minimum absolute atomic E-state index is 0.326. The molecular formula is C32H29ClN8O3S. The third-order valence-electron chi connectivity index (χ3n) is 6.75. The molecule has 1 atom stereocenters. The molecule has 13 heteroatoms. The largest absolute Gasteiger partial charge is 0.453 e. The molecule has 0 aliphatic heterocycles. The van der Waals surface area contributed by atoms with Gasteiger partial charge in [0.1, 0.15) is 6.33 Å². The molecule has 2 aromatic heterocycles. The van der Waals surface area contributed by atoms with Crippen molar-refractivity contribution in [2.45, 2.75) is 18.2 Å². The van der Waals surface area contributed by atoms with Gasteiger partial charge in [0.2, 0.25) is 5.91 Å². The number of aromatic nitrogens is 6. The molecule has 2 heterocycles. The number of halogens is 1. The van der Waals surface area contributed by atoms with Gasteiger partial charge >= 0.3 is 6.09 Å². The lowest BCUT2D eigenvalue weighted by Gasteiger charge is -2.19. The van der Waals surface area contributed by atoms with E-state index in [0.717, 1.165) is 22.4 Å². The zero-order valence-electron chi connectivity index (χ0n) is 24.4. The van der Waals surface area contributed by atoms with Crippen LogP contribution in [0.2, 0.25) is 5.02 Å². The number of benzene rings is 3. The van der Waals surface area contributed by atoms with Crippen molar-refractivity contribution >= 4 is 47.1 Å². The van der Waals surface area contributed by atoms with E-state index in [9.17, 15) is 9.59 Å². The number of carbonyl (C=O) groups is 2. The number of amides is 2. The first-order chi connectivity index (χ1) is 21.9. The quantitative estimate of drug-likeness (QED) is 0.168. The molecule has 0 radical (unpaired) electrons. The van der Waals surface area contributed by atoms with E-state index in [1.807, 2.05) is 54.8 Å². The number of ether oxygens (including phenoxy) is 1. The van der Waals surface area contributed by atoms with Crippen molar-refractivity contribution in [1.82, 2.24) is 35.7 Å². The number of nitrogens with one attached hydrogen (secondary N) is 2. The number of carbonyl (C=O) groups excluding carboxylic acids is 2. The number of rotatable bonds is 11. The average molecular weight is 641 g/mol. The smallest absolute Gasteiger partial charge is 0.411 e. The molecule has 45 heavy (non-hydrogen) atoms. The Kier molecular flexibility index (Phi) is 10.5. The molecule has 5 aromatic rings. The second-order valence-electron chi connectivity index (χ2n) is 9.80. The molecular weight excluding hydrogens is 612 g/mol. The van der Waals surface area contributed by atoms with Gasteiger partial charge in [-0.3, -0.25) is 10.1 Å². The molecule has 0 saturated carbocycles. The minimum atomic E-state index is -0.547. The lowest BCUT2D eigenvalue weighted by molar-refractivity contribution is -0.117. The summed E-state index contributed by atoms with van der Waals surface area (Å²) in [7, 11) is 1.31. The molecule has 1 unspecified atom stereocenters. The Bertz CT molecular complexity index is 1780. The van der Waals surface area contributed by atoms with Crippen molar-refractivity contribution < 1.29 is 14.3 Å². The van der Waals surface area contributed by atoms with Crippen LogP contribution >= 0.6 is 23.4 Å². The number of anilines is 1. The monoisotopic (exact) mass is 640 g/mol. The summed E-state index contributed by atoms with van der Waals surface area (Å²) < 4.78 is 6.19. The highest BCUT2D eigenvalue weighted by Gasteiger charge is 2.20. The van der Waals surface area contributed by atoms with E-state index < -0.39 is 12.1 Å². The third-order valence-corrected chi connectivity index (χ3v) is 7.55. The van der Waals surface area contributed by atoms with Crippen LogP contribution in [-0.4, -0.2) is 55.8 Å². The third kappa shape index (κ3) is 8.31. The van der Waals surface area contributed by atoms with E-state index in [-0.39, 0.29) is 5.91 Å². The molecule has 5 rings (SSSR count). The van der Waals surface area contributed by atoms with Crippen molar-refractivity contribution in [2.75, 3.05) is 18.7 Å². The summed E-state index contributed by atoms with van der Waals surface area (Å²) in [4.78, 5) is 25.0. The first-order valence-corrected chi connectivity index (χ1v) is 15.6. The van der Waals surface area contributed by atoms with Gasteiger partial charge < -0.3 is 10.1 Å². The predicted octanol–water partition coefficient (Wildman–Crippen LogP) is 5.93. The van der Waals surface area contributed by atoms with Gasteiger partial charge in [-0.25, -0.2) is 4.79 Å². The molecule has 0 aliphatic rings. The second kappa shape index (κ2) is 15.1. The first kappa shape index (κ1) is 31.4. The summed E-state index contributed by atoms with van der Waals surface area (Å²) in [6.07, 6.45) is 6.52. The van der Waals surface area contributed by atoms with Gasteiger partial charge in [-0.05, 0) is 76.7 Å². The summed E-state index contributed by atoms with van der Waals surface area (Å²) in [6.45, 7) is 0. The first-order valence-electron chi connectivity index (χ1n) is 13.8. The van der Waals surface area contributed by atoms with Crippen LogP contribution in [0.5, 0.6) is 0 Å². The molecule has 0 spiro atoms. The van der Waals surface area contributed by atoms with Crippen LogP contribution in [-0.2, 0) is 21.7 Å². The van der Waals surface area contributed by atoms with E-state index in [2.05, 4.69) is 41.1 Å². The lowest BCUT2D eigenvalue weighted by Crippen LogP contribution is -2.29. The van der Waals surface area contributed by atoms with Gasteiger partial charge in [-0.2, -0.15) is 26.6 Å². The Morgan fingerprint density at radius 3 is 2.56 bits per heavy atom. The van der Waals surface area contributed by atoms with Gasteiger partial charge in [0.15, 0.2) is 0 Å². The van der Waals surface area contributed by atoms with Crippen LogP contribution in [0.15, 0.2) is 91.3 Å². The highest BCUT2D eigenvalue weighted by molar-refractivity contribution is 7.97. The van der Waals surface area contributed by atoms with Crippen LogP contribution in [0.25, 0.3) is 22.9 Å². The molecule has 0 saturated heterocycles. The summed E-state index contributed by atoms with van der Waals surface area (Å²) in [5.74, 6) is 0.320. The fourth-order valence-electron chi connectivity index (χ4n) is 4.60. The normalized spacial score (nSPS) is 11.7. The summed E-state index contributed by atoms with van der Waals surface area (Å²) >= 11 is 7.88. The van der Waals surface area contributed by atoms with Crippen LogP contribution < -0.4 is 10.6 Å². The molecule has 2 N–H and O–H groups in total. The maximum absolute atomic E-state index is 13.4. The van der Waals surface area contributed by atoms with Crippen LogP contribution in [0.1, 0.15) is 28.6 Å². The predicted molar refractivity (Wildman–Crippen MR) is 175 cm³/mol. The molecule has 11 nitrogen and oxygen atoms in total. The number of thioether (sulfide) groups is 1. The molecule has 3 aromatic carbocycles. The van der Waals surface area contributed by atoms with Crippen molar-refractivity contribution in [2.24, 2.45) is 0 Å². The number of tetrazole rings is 1. The second-order valence-corrected chi connectivity index (χ2v) is 11.1. The fraction of sp³-hybridized carbons (Fsp3) is 0.156. The van der Waals surface area contributed by atoms with Crippen molar-refractivity contribution in [3.05, 3.63) is 119 Å². The number of hydrogen-bond donors (Lipinski definition) is 2. The van der Waals surface area contributed by atoms with E-state index in [1.165, 1.54) is 24.2 Å². The minimum Gasteiger partial charge on any atom is -0.453 e. The van der Waals surface area contributed by atoms with Gasteiger partial charge in [-0.1, -0.05) is 54.1 Å². The summed E-state index contributed by atoms with van der Waals surface area (Å²) in [5.41, 5.74) is 6.15. The highest BCUT2D eigenvalue weighted by Crippen LogP contribution is 2.29. The Morgan fingerprint density at radius 1 is 1.04 bits per heavy atom. The summed E-state index contributed by atoms with van der Waals surface area (Å²) in [6, 6.07) is 24.0. The van der Waals surface area contributed by atoms with Gasteiger partial charge in [0.05, 0.1) is 30.2 Å². The van der Waals surface area contributed by atoms with Crippen LogP contribution in [0.3, 0.4) is 0 Å². The Balaban J connectivity index is 1.45. The lowest BCUT2D eigenvalue weighted by atomic mass is 9.98. The number of nitrogens with zero attached hydrogens (tertiary/aromatic N) is 6. The number of methoxy groups -OCH3 is 1. The Morgan fingerprint density at radius 2 is 1.84 bits per heavy atom. The van der Waals surface area contributed by atoms with Crippen LogP contribution in [0, 0.1) is 0 Å². The Hall–Kier alpha value is -5.07. The van der Waals surface area contributed by atoms with Crippen molar-refractivity contribution in [1.29, 1.82) is 0 Å². The molecule has 0 aliphatic carbocycles. The van der Waals surface area contributed by atoms with E-state index in [4.69, 9.17) is 11.6 Å². The van der Waals surface area contributed by atoms with Gasteiger partial charge in [-0.15, -0.1) is 5.10 Å². The molecule has 0 fully saturated rings. The maximum atomic E-state index is 13.4. The van der Waals surface area contributed by atoms with Crippen molar-refractivity contribution in [3.8, 4) is 16.8 Å². The van der Waals surface area contributed by atoms with Gasteiger partial charge in [0, 0.05) is 33.7 Å². The SMILES string of the molecule is COC(=O)Nc1ccc(-c2cc(C(Cc3ccccc3)NC(=O)C=Cc3cc(Cl)ccc3-n3cnnn3)nnc2CSC)cc1. The molecule has 2 amide bonds. The zero-order chi connectivity index (χ0) is 31.6. The highest BCUT2D eigenvalue weighted by atomic mass is 35.5. The standard InChI is InChI=1S/C32H29ClN8O3S/c1-44-32(43)35-25-12-8-22(9-13-25)26-18-28(37-38-29(26)19-45-2)27(16-21-6-4-3-5-7-21)36-31(42)15-10-23-17-24(33)11-14-30(23)41-20-34-39-40-41/h3-15,17-18,20,27H,16,19H2,1-2H3,(H,35,43)(H,36,42). The zero-order valence-corrected chi connectivity index (χ0v) is 26.0. The summed E-state index contributed by atoms with van der Waals surface area (Å²) in [5, 5.41) is 26.8. The Labute approximate surface area is 269 Å². The van der Waals surface area contributed by atoms with Gasteiger partial charge in [0.25, 0.3) is 0 Å². The fourth-order valence-corrected chi connectivity index (χ4v) is 5.27. The van der Waals surface area contributed by atoms with E-state index >= 15 is 0 Å². The van der Waals surface area contributed by atoms with Crippen LogP contribution in [0.4, 0.5) is 10.5 Å². The van der Waals surface area contributed by atoms with Crippen molar-refractivity contribution in [3.63, 3.8) is 0 Å². The van der Waals surface area contributed by atoms with E-state index in [0.29, 0.717) is 39.8 Å². The topological polar surface area (TPSA) is 137 Å². The molecule has 228 valence electrons. The molecule has 0 bridgehead atoms. The maximum Gasteiger partial charge on any atom is 0.411 e.